The second-order valence-corrected chi connectivity index (χ2v) is 6.96. The van der Waals surface area contributed by atoms with Gasteiger partial charge in [0.05, 0.1) is 12.7 Å². The minimum absolute atomic E-state index is 0.198. The van der Waals surface area contributed by atoms with E-state index in [0.29, 0.717) is 27.8 Å². The number of hydrogen-bond donors (Lipinski definition) is 1. The van der Waals surface area contributed by atoms with Crippen LogP contribution in [-0.4, -0.2) is 13.0 Å². The number of methoxy groups -OCH3 is 1. The van der Waals surface area contributed by atoms with E-state index in [2.05, 4.69) is 18.3 Å². The number of amides is 1. The van der Waals surface area contributed by atoms with Crippen molar-refractivity contribution in [1.82, 2.24) is 0 Å². The molecule has 0 saturated heterocycles. The summed E-state index contributed by atoms with van der Waals surface area (Å²) in [7, 11) is 1.59. The van der Waals surface area contributed by atoms with E-state index in [1.54, 1.807) is 42.7 Å². The summed E-state index contributed by atoms with van der Waals surface area (Å²) in [5.41, 5.74) is 2.31. The van der Waals surface area contributed by atoms with Crippen molar-refractivity contribution in [1.29, 1.82) is 5.26 Å². The number of anilines is 1. The van der Waals surface area contributed by atoms with Gasteiger partial charge in [0.1, 0.15) is 16.8 Å². The third-order valence-electron chi connectivity index (χ3n) is 4.20. The third-order valence-corrected chi connectivity index (χ3v) is 5.37. The van der Waals surface area contributed by atoms with Crippen molar-refractivity contribution in [2.45, 2.75) is 26.2 Å². The van der Waals surface area contributed by atoms with Gasteiger partial charge in [-0.05, 0) is 55.0 Å². The molecule has 0 spiro atoms. The van der Waals surface area contributed by atoms with E-state index in [1.807, 2.05) is 0 Å². The second kappa shape index (κ2) is 6.43. The minimum Gasteiger partial charge on any atom is -0.497 e. The first-order valence-corrected chi connectivity index (χ1v) is 8.44. The zero-order valence-electron chi connectivity index (χ0n) is 13.2. The van der Waals surface area contributed by atoms with Gasteiger partial charge in [-0.3, -0.25) is 4.79 Å². The summed E-state index contributed by atoms with van der Waals surface area (Å²) in [5, 5.41) is 13.0. The fourth-order valence-corrected chi connectivity index (χ4v) is 4.23. The van der Waals surface area contributed by atoms with Crippen LogP contribution in [0.4, 0.5) is 5.00 Å². The van der Waals surface area contributed by atoms with Gasteiger partial charge in [0.2, 0.25) is 0 Å². The SMILES string of the molecule is COc1ccc(C(=O)Nc2sc3c(c2C#N)CC[C@H](C)C3)cc1. The Labute approximate surface area is 139 Å². The van der Waals surface area contributed by atoms with Crippen molar-refractivity contribution < 1.29 is 9.53 Å². The standard InChI is InChI=1S/C18H18N2O2S/c1-11-3-8-14-15(10-19)18(23-16(14)9-11)20-17(21)12-4-6-13(22-2)7-5-12/h4-7,11H,3,8-9H2,1-2H3,(H,20,21)/t11-/m0/s1. The van der Waals surface area contributed by atoms with E-state index in [9.17, 15) is 10.1 Å². The molecule has 1 aliphatic carbocycles. The molecule has 4 nitrogen and oxygen atoms in total. The number of nitrogens with zero attached hydrogens (tertiary/aromatic N) is 1. The molecule has 0 radical (unpaired) electrons. The normalized spacial score (nSPS) is 16.3. The van der Waals surface area contributed by atoms with Gasteiger partial charge in [-0.1, -0.05) is 6.92 Å². The molecule has 0 aliphatic heterocycles. The Morgan fingerprint density at radius 3 is 2.78 bits per heavy atom. The molecule has 1 aliphatic rings. The van der Waals surface area contributed by atoms with Crippen LogP contribution in [0.5, 0.6) is 5.75 Å². The summed E-state index contributed by atoms with van der Waals surface area (Å²) < 4.78 is 5.10. The fourth-order valence-electron chi connectivity index (χ4n) is 2.87. The maximum absolute atomic E-state index is 12.4. The number of thiophene rings is 1. The number of nitriles is 1. The highest BCUT2D eigenvalue weighted by Crippen LogP contribution is 2.39. The first-order valence-electron chi connectivity index (χ1n) is 7.62. The lowest BCUT2D eigenvalue weighted by Crippen LogP contribution is -2.12. The Morgan fingerprint density at radius 2 is 2.13 bits per heavy atom. The molecule has 1 aromatic carbocycles. The van der Waals surface area contributed by atoms with Crippen molar-refractivity contribution in [2.24, 2.45) is 5.92 Å². The molecule has 0 fully saturated rings. The van der Waals surface area contributed by atoms with Crippen molar-refractivity contribution in [3.63, 3.8) is 0 Å². The molecule has 1 aromatic heterocycles. The van der Waals surface area contributed by atoms with E-state index in [0.717, 1.165) is 24.8 Å². The smallest absolute Gasteiger partial charge is 0.256 e. The molecule has 0 saturated carbocycles. The van der Waals surface area contributed by atoms with Gasteiger partial charge in [-0.25, -0.2) is 0 Å². The average Bonchev–Trinajstić information content (AvgIpc) is 2.90. The van der Waals surface area contributed by atoms with Crippen LogP contribution in [0.25, 0.3) is 0 Å². The van der Waals surface area contributed by atoms with Gasteiger partial charge in [0.25, 0.3) is 5.91 Å². The summed E-state index contributed by atoms with van der Waals surface area (Å²) in [6, 6.07) is 9.21. The van der Waals surface area contributed by atoms with E-state index in [1.165, 1.54) is 4.88 Å². The molecule has 23 heavy (non-hydrogen) atoms. The van der Waals surface area contributed by atoms with Crippen LogP contribution in [0.3, 0.4) is 0 Å². The number of benzene rings is 1. The Hall–Kier alpha value is -2.32. The molecule has 3 rings (SSSR count). The van der Waals surface area contributed by atoms with Crippen LogP contribution in [0, 0.1) is 17.2 Å². The molecule has 1 atom stereocenters. The van der Waals surface area contributed by atoms with Gasteiger partial charge in [0, 0.05) is 10.4 Å². The summed E-state index contributed by atoms with van der Waals surface area (Å²) >= 11 is 1.54. The summed E-state index contributed by atoms with van der Waals surface area (Å²) in [5.74, 6) is 1.15. The average molecular weight is 326 g/mol. The Kier molecular flexibility index (Phi) is 4.35. The van der Waals surface area contributed by atoms with Gasteiger partial charge in [-0.15, -0.1) is 11.3 Å². The lowest BCUT2D eigenvalue weighted by atomic mass is 9.88. The van der Waals surface area contributed by atoms with Crippen LogP contribution in [0.15, 0.2) is 24.3 Å². The molecule has 0 unspecified atom stereocenters. The van der Waals surface area contributed by atoms with E-state index in [-0.39, 0.29) is 5.91 Å². The summed E-state index contributed by atoms with van der Waals surface area (Å²) in [6.07, 6.45) is 3.02. The van der Waals surface area contributed by atoms with E-state index >= 15 is 0 Å². The highest BCUT2D eigenvalue weighted by atomic mass is 32.1. The quantitative estimate of drug-likeness (QED) is 0.927. The minimum atomic E-state index is -0.198. The topological polar surface area (TPSA) is 62.1 Å². The highest BCUT2D eigenvalue weighted by molar-refractivity contribution is 7.16. The van der Waals surface area contributed by atoms with Gasteiger partial charge in [0.15, 0.2) is 0 Å². The number of fused-ring (bicyclic) bond motifs is 1. The van der Waals surface area contributed by atoms with Crippen molar-refractivity contribution in [3.8, 4) is 11.8 Å². The Balaban J connectivity index is 1.85. The number of hydrogen-bond acceptors (Lipinski definition) is 4. The monoisotopic (exact) mass is 326 g/mol. The first-order chi connectivity index (χ1) is 11.1. The molecule has 0 bridgehead atoms. The predicted molar refractivity (Wildman–Crippen MR) is 91.2 cm³/mol. The molecular weight excluding hydrogens is 308 g/mol. The molecule has 5 heteroatoms. The zero-order chi connectivity index (χ0) is 16.4. The fraction of sp³-hybridized carbons (Fsp3) is 0.333. The number of carbonyl (C=O) groups excluding carboxylic acids is 1. The molecule has 118 valence electrons. The highest BCUT2D eigenvalue weighted by Gasteiger charge is 2.24. The van der Waals surface area contributed by atoms with Gasteiger partial charge < -0.3 is 10.1 Å². The first kappa shape index (κ1) is 15.6. The van der Waals surface area contributed by atoms with Crippen LogP contribution < -0.4 is 10.1 Å². The zero-order valence-corrected chi connectivity index (χ0v) is 14.0. The second-order valence-electron chi connectivity index (χ2n) is 5.85. The van der Waals surface area contributed by atoms with Crippen LogP contribution in [0.1, 0.15) is 39.7 Å². The number of carbonyl (C=O) groups is 1. The summed E-state index contributed by atoms with van der Waals surface area (Å²) in [4.78, 5) is 13.6. The van der Waals surface area contributed by atoms with Gasteiger partial charge in [-0.2, -0.15) is 5.26 Å². The number of nitrogens with one attached hydrogen (secondary N) is 1. The molecular formula is C18H18N2O2S. The van der Waals surface area contributed by atoms with Crippen LogP contribution >= 0.6 is 11.3 Å². The molecule has 1 heterocycles. The Bertz CT molecular complexity index is 772. The molecule has 1 N–H and O–H groups in total. The van der Waals surface area contributed by atoms with Crippen LogP contribution in [-0.2, 0) is 12.8 Å². The lowest BCUT2D eigenvalue weighted by Gasteiger charge is -2.17. The molecule has 2 aromatic rings. The van der Waals surface area contributed by atoms with Crippen LogP contribution in [0.2, 0.25) is 0 Å². The van der Waals surface area contributed by atoms with Crippen molar-refractivity contribution in [2.75, 3.05) is 12.4 Å². The van der Waals surface area contributed by atoms with E-state index < -0.39 is 0 Å². The largest absolute Gasteiger partial charge is 0.497 e. The maximum atomic E-state index is 12.4. The molecule has 1 amide bonds. The van der Waals surface area contributed by atoms with Crippen molar-refractivity contribution >= 4 is 22.2 Å². The summed E-state index contributed by atoms with van der Waals surface area (Å²) in [6.45, 7) is 2.23. The number of rotatable bonds is 3. The lowest BCUT2D eigenvalue weighted by molar-refractivity contribution is 0.102. The van der Waals surface area contributed by atoms with Gasteiger partial charge >= 0.3 is 0 Å². The Morgan fingerprint density at radius 1 is 1.39 bits per heavy atom. The maximum Gasteiger partial charge on any atom is 0.256 e. The van der Waals surface area contributed by atoms with E-state index in [4.69, 9.17) is 4.74 Å². The predicted octanol–water partition coefficient (Wildman–Crippen LogP) is 4.01. The number of ether oxygens (including phenoxy) is 1. The third kappa shape index (κ3) is 3.08. The van der Waals surface area contributed by atoms with Crippen molar-refractivity contribution in [3.05, 3.63) is 45.8 Å².